The van der Waals surface area contributed by atoms with Crippen molar-refractivity contribution >= 4 is 17.9 Å². The molecule has 0 unspecified atom stereocenters. The molecule has 0 fully saturated rings. The van der Waals surface area contributed by atoms with E-state index >= 15 is 0 Å². The Morgan fingerprint density at radius 1 is 0.476 bits per heavy atom. The van der Waals surface area contributed by atoms with Gasteiger partial charge in [-0.15, -0.1) is 0 Å². The number of ether oxygens (including phenoxy) is 3. The maximum atomic E-state index is 12.4. The van der Waals surface area contributed by atoms with Gasteiger partial charge in [0.1, 0.15) is 0 Å². The van der Waals surface area contributed by atoms with Crippen LogP contribution in [0.5, 0.6) is 0 Å². The summed E-state index contributed by atoms with van der Waals surface area (Å²) < 4.78 is 15.9. The smallest absolute Gasteiger partial charge is 0.307 e. The standard InChI is InChI=1S/C31H61N3O8/c1-5-9-10-11-12-13-27-40-31(37)16-22-33(21-15-28-42-32-41-8-4)19-14-20-34(23-17-29(35)38-25-6-2)24-18-30(36)39-26-7-3/h32H,5-28H2,1-4H3. The quantitative estimate of drug-likeness (QED) is 0.0509. The van der Waals surface area contributed by atoms with Crippen molar-refractivity contribution in [2.45, 2.75) is 111 Å². The van der Waals surface area contributed by atoms with Crippen molar-refractivity contribution in [3.63, 3.8) is 0 Å². The number of nitrogens with zero attached hydrogens (tertiary/aromatic N) is 2. The molecule has 0 aliphatic carbocycles. The van der Waals surface area contributed by atoms with Gasteiger partial charge in [0, 0.05) is 26.2 Å². The number of unbranched alkanes of at least 4 members (excludes halogenated alkanes) is 5. The number of hydrogen-bond donors (Lipinski definition) is 1. The molecular weight excluding hydrogens is 542 g/mol. The largest absolute Gasteiger partial charge is 0.466 e. The lowest BCUT2D eigenvalue weighted by Crippen LogP contribution is -2.35. The molecule has 42 heavy (non-hydrogen) atoms. The van der Waals surface area contributed by atoms with E-state index in [-0.39, 0.29) is 30.7 Å². The van der Waals surface area contributed by atoms with E-state index < -0.39 is 0 Å². The zero-order valence-electron chi connectivity index (χ0n) is 27.1. The number of hydrogen-bond acceptors (Lipinski definition) is 11. The van der Waals surface area contributed by atoms with E-state index in [0.29, 0.717) is 65.6 Å². The zero-order chi connectivity index (χ0) is 31.1. The molecule has 0 aliphatic rings. The van der Waals surface area contributed by atoms with Gasteiger partial charge in [-0.25, -0.2) is 0 Å². The summed E-state index contributed by atoms with van der Waals surface area (Å²) in [7, 11) is 0. The van der Waals surface area contributed by atoms with Gasteiger partial charge < -0.3 is 24.0 Å². The predicted octanol–water partition coefficient (Wildman–Crippen LogP) is 4.82. The summed E-state index contributed by atoms with van der Waals surface area (Å²) in [6.07, 6.45) is 11.0. The van der Waals surface area contributed by atoms with Crippen molar-refractivity contribution in [1.29, 1.82) is 0 Å². The molecule has 0 amide bonds. The summed E-state index contributed by atoms with van der Waals surface area (Å²) >= 11 is 0. The van der Waals surface area contributed by atoms with Crippen LogP contribution < -0.4 is 5.64 Å². The fourth-order valence-corrected chi connectivity index (χ4v) is 4.16. The van der Waals surface area contributed by atoms with Gasteiger partial charge in [0.2, 0.25) is 0 Å². The van der Waals surface area contributed by atoms with Crippen LogP contribution >= 0.6 is 0 Å². The van der Waals surface area contributed by atoms with E-state index in [9.17, 15) is 14.4 Å². The topological polar surface area (TPSA) is 116 Å². The summed E-state index contributed by atoms with van der Waals surface area (Å²) in [5.41, 5.74) is 2.46. The highest BCUT2D eigenvalue weighted by molar-refractivity contribution is 5.70. The van der Waals surface area contributed by atoms with Crippen LogP contribution in [-0.2, 0) is 38.3 Å². The highest BCUT2D eigenvalue weighted by Crippen LogP contribution is 2.07. The van der Waals surface area contributed by atoms with E-state index in [1.54, 1.807) is 0 Å². The molecule has 0 aliphatic heterocycles. The zero-order valence-corrected chi connectivity index (χ0v) is 27.1. The molecule has 11 heteroatoms. The van der Waals surface area contributed by atoms with Crippen LogP contribution in [0.2, 0.25) is 0 Å². The van der Waals surface area contributed by atoms with Crippen LogP contribution in [0.25, 0.3) is 0 Å². The number of rotatable bonds is 31. The van der Waals surface area contributed by atoms with E-state index in [1.807, 2.05) is 20.8 Å². The van der Waals surface area contributed by atoms with Crippen molar-refractivity contribution in [3.8, 4) is 0 Å². The second-order valence-electron chi connectivity index (χ2n) is 10.4. The van der Waals surface area contributed by atoms with Gasteiger partial charge in [-0.1, -0.05) is 58.5 Å². The number of esters is 3. The number of carbonyl (C=O) groups is 3. The van der Waals surface area contributed by atoms with Gasteiger partial charge in [-0.3, -0.25) is 24.1 Å². The maximum absolute atomic E-state index is 12.4. The highest BCUT2D eigenvalue weighted by atomic mass is 16.9. The average Bonchev–Trinajstić information content (AvgIpc) is 2.99. The predicted molar refractivity (Wildman–Crippen MR) is 164 cm³/mol. The molecule has 0 rings (SSSR count). The van der Waals surface area contributed by atoms with Gasteiger partial charge >= 0.3 is 17.9 Å². The van der Waals surface area contributed by atoms with Crippen LogP contribution in [0.3, 0.4) is 0 Å². The lowest BCUT2D eigenvalue weighted by Gasteiger charge is -2.25. The summed E-state index contributed by atoms with van der Waals surface area (Å²) in [5, 5.41) is 0. The third-order valence-corrected chi connectivity index (χ3v) is 6.52. The Morgan fingerprint density at radius 3 is 1.48 bits per heavy atom. The minimum Gasteiger partial charge on any atom is -0.466 e. The highest BCUT2D eigenvalue weighted by Gasteiger charge is 2.14. The molecule has 0 aromatic rings. The van der Waals surface area contributed by atoms with Crippen molar-refractivity contribution in [2.75, 3.05) is 72.3 Å². The third kappa shape index (κ3) is 27.1. The summed E-state index contributed by atoms with van der Waals surface area (Å²) in [6, 6.07) is 0. The second-order valence-corrected chi connectivity index (χ2v) is 10.4. The first kappa shape index (κ1) is 40.2. The fraction of sp³-hybridized carbons (Fsp3) is 0.903. The lowest BCUT2D eigenvalue weighted by molar-refractivity contribution is -0.168. The Morgan fingerprint density at radius 2 is 0.952 bits per heavy atom. The van der Waals surface area contributed by atoms with E-state index in [4.69, 9.17) is 23.9 Å². The Labute approximate surface area is 255 Å². The third-order valence-electron chi connectivity index (χ3n) is 6.52. The normalized spacial score (nSPS) is 11.3. The molecule has 248 valence electrons. The summed E-state index contributed by atoms with van der Waals surface area (Å²) in [6.45, 7) is 14.2. The molecular formula is C31H61N3O8. The molecule has 11 nitrogen and oxygen atoms in total. The monoisotopic (exact) mass is 603 g/mol. The molecule has 0 saturated heterocycles. The molecule has 0 saturated carbocycles. The molecule has 0 bridgehead atoms. The first-order valence-corrected chi connectivity index (χ1v) is 16.4. The first-order valence-electron chi connectivity index (χ1n) is 16.4. The Hall–Kier alpha value is -1.79. The molecule has 0 aromatic carbocycles. The van der Waals surface area contributed by atoms with Gasteiger partial charge in [0.15, 0.2) is 0 Å². The summed E-state index contributed by atoms with van der Waals surface area (Å²) in [4.78, 5) is 51.1. The molecule has 0 atom stereocenters. The Kier molecular flexibility index (Phi) is 29.4. The minimum absolute atomic E-state index is 0.166. The summed E-state index contributed by atoms with van der Waals surface area (Å²) in [5.74, 6) is -0.616. The molecule has 0 aromatic heterocycles. The van der Waals surface area contributed by atoms with Gasteiger partial charge in [-0.05, 0) is 52.1 Å². The lowest BCUT2D eigenvalue weighted by atomic mass is 10.1. The van der Waals surface area contributed by atoms with Crippen molar-refractivity contribution < 1.29 is 38.3 Å². The van der Waals surface area contributed by atoms with E-state index in [2.05, 4.69) is 22.4 Å². The average molecular weight is 604 g/mol. The van der Waals surface area contributed by atoms with Gasteiger partial charge in [0.25, 0.3) is 0 Å². The van der Waals surface area contributed by atoms with Crippen LogP contribution in [-0.4, -0.2) is 100 Å². The van der Waals surface area contributed by atoms with Crippen LogP contribution in [0.15, 0.2) is 0 Å². The molecule has 1 N–H and O–H groups in total. The van der Waals surface area contributed by atoms with Crippen LogP contribution in [0.1, 0.15) is 111 Å². The van der Waals surface area contributed by atoms with Gasteiger partial charge in [-0.2, -0.15) is 0 Å². The number of nitrogens with one attached hydrogen (secondary N) is 1. The SMILES string of the molecule is CCCCCCCCOC(=O)CCN(CCCONOCC)CCCN(CCC(=O)OCCC)CCC(=O)OCCC. The van der Waals surface area contributed by atoms with E-state index in [0.717, 1.165) is 51.6 Å². The molecule has 0 spiro atoms. The Bertz CT molecular complexity index is 630. The first-order chi connectivity index (χ1) is 20.5. The maximum Gasteiger partial charge on any atom is 0.307 e. The number of carbonyl (C=O) groups excluding carboxylic acids is 3. The van der Waals surface area contributed by atoms with E-state index in [1.165, 1.54) is 25.7 Å². The van der Waals surface area contributed by atoms with Crippen molar-refractivity contribution in [2.24, 2.45) is 0 Å². The van der Waals surface area contributed by atoms with Crippen LogP contribution in [0, 0.1) is 0 Å². The Balaban J connectivity index is 4.76. The minimum atomic E-state index is -0.225. The molecule has 0 radical (unpaired) electrons. The second kappa shape index (κ2) is 30.7. The fourth-order valence-electron chi connectivity index (χ4n) is 4.16. The van der Waals surface area contributed by atoms with Crippen LogP contribution in [0.4, 0.5) is 0 Å². The van der Waals surface area contributed by atoms with Crippen molar-refractivity contribution in [3.05, 3.63) is 0 Å². The molecule has 0 heterocycles. The van der Waals surface area contributed by atoms with Crippen molar-refractivity contribution in [1.82, 2.24) is 15.4 Å². The van der Waals surface area contributed by atoms with Gasteiger partial charge in [0.05, 0.1) is 52.3 Å².